The third kappa shape index (κ3) is 2.65. The number of benzene rings is 2. The van der Waals surface area contributed by atoms with Gasteiger partial charge in [0.15, 0.2) is 0 Å². The molecule has 0 heterocycles. The SMILES string of the molecule is O=S(=O)(/C(=N/O)c1c(Cl)cccc1Cl)c1ccccc1. The Balaban J connectivity index is 2.66. The molecule has 0 radical (unpaired) electrons. The van der Waals surface area contributed by atoms with Crippen molar-refractivity contribution in [3.05, 3.63) is 64.1 Å². The molecule has 7 heteroatoms. The van der Waals surface area contributed by atoms with Crippen LogP contribution >= 0.6 is 23.2 Å². The first-order valence-electron chi connectivity index (χ1n) is 5.45. The Morgan fingerprint density at radius 1 is 0.950 bits per heavy atom. The van der Waals surface area contributed by atoms with E-state index in [0.29, 0.717) is 0 Å². The topological polar surface area (TPSA) is 66.7 Å². The van der Waals surface area contributed by atoms with E-state index in [1.807, 2.05) is 0 Å². The molecular formula is C13H9Cl2NO3S. The van der Waals surface area contributed by atoms with E-state index >= 15 is 0 Å². The zero-order chi connectivity index (χ0) is 14.8. The van der Waals surface area contributed by atoms with E-state index in [2.05, 4.69) is 5.16 Å². The number of rotatable bonds is 2. The first-order chi connectivity index (χ1) is 9.48. The molecule has 20 heavy (non-hydrogen) atoms. The fraction of sp³-hybridized carbons (Fsp3) is 0. The highest BCUT2D eigenvalue weighted by Crippen LogP contribution is 2.29. The van der Waals surface area contributed by atoms with Crippen LogP contribution in [0.4, 0.5) is 0 Å². The Hall–Kier alpha value is -1.56. The molecule has 0 spiro atoms. The van der Waals surface area contributed by atoms with Crippen molar-refractivity contribution >= 4 is 38.1 Å². The molecule has 0 aliphatic carbocycles. The lowest BCUT2D eigenvalue weighted by Crippen LogP contribution is -2.17. The average Bonchev–Trinajstić information content (AvgIpc) is 2.43. The second-order valence-electron chi connectivity index (χ2n) is 3.82. The molecule has 0 saturated carbocycles. The summed E-state index contributed by atoms with van der Waals surface area (Å²) in [5.74, 6) is 0. The monoisotopic (exact) mass is 329 g/mol. The van der Waals surface area contributed by atoms with Crippen LogP contribution in [0.2, 0.25) is 10.0 Å². The third-order valence-corrected chi connectivity index (χ3v) is 4.89. The van der Waals surface area contributed by atoms with Crippen LogP contribution < -0.4 is 0 Å². The number of halogens is 2. The Bertz CT molecular complexity index is 738. The summed E-state index contributed by atoms with van der Waals surface area (Å²) in [6.45, 7) is 0. The molecule has 1 N–H and O–H groups in total. The maximum atomic E-state index is 12.5. The van der Waals surface area contributed by atoms with Crippen LogP contribution in [0.1, 0.15) is 5.56 Å². The largest absolute Gasteiger partial charge is 0.410 e. The zero-order valence-corrected chi connectivity index (χ0v) is 12.3. The predicted octanol–water partition coefficient (Wildman–Crippen LogP) is 3.60. The van der Waals surface area contributed by atoms with Crippen LogP contribution in [0.3, 0.4) is 0 Å². The van der Waals surface area contributed by atoms with Gasteiger partial charge < -0.3 is 5.21 Å². The van der Waals surface area contributed by atoms with Crippen molar-refractivity contribution in [2.45, 2.75) is 4.90 Å². The van der Waals surface area contributed by atoms with Crippen LogP contribution in [0.15, 0.2) is 58.6 Å². The van der Waals surface area contributed by atoms with Crippen LogP contribution in [0, 0.1) is 0 Å². The van der Waals surface area contributed by atoms with E-state index in [9.17, 15) is 8.42 Å². The Labute approximate surface area is 126 Å². The number of oxime groups is 1. The highest BCUT2D eigenvalue weighted by molar-refractivity contribution is 8.07. The van der Waals surface area contributed by atoms with Gasteiger partial charge >= 0.3 is 0 Å². The highest BCUT2D eigenvalue weighted by atomic mass is 35.5. The number of hydrogen-bond donors (Lipinski definition) is 1. The molecule has 2 aromatic rings. The first kappa shape index (κ1) is 14.8. The van der Waals surface area contributed by atoms with Gasteiger partial charge in [0.25, 0.3) is 0 Å². The molecule has 4 nitrogen and oxygen atoms in total. The van der Waals surface area contributed by atoms with Crippen molar-refractivity contribution in [3.8, 4) is 0 Å². The lowest BCUT2D eigenvalue weighted by molar-refractivity contribution is 0.320. The second kappa shape index (κ2) is 5.83. The van der Waals surface area contributed by atoms with E-state index in [1.165, 1.54) is 24.3 Å². The maximum Gasteiger partial charge on any atom is 0.227 e. The molecule has 2 rings (SSSR count). The molecule has 0 amide bonds. The quantitative estimate of drug-likeness (QED) is 0.396. The van der Waals surface area contributed by atoms with Crippen LogP contribution in [-0.2, 0) is 9.84 Å². The summed E-state index contributed by atoms with van der Waals surface area (Å²) >= 11 is 11.9. The van der Waals surface area contributed by atoms with Gasteiger partial charge in [-0.25, -0.2) is 8.42 Å². The first-order valence-corrected chi connectivity index (χ1v) is 7.69. The summed E-state index contributed by atoms with van der Waals surface area (Å²) in [5, 5.41) is 11.6. The smallest absolute Gasteiger partial charge is 0.227 e. The fourth-order valence-electron chi connectivity index (χ4n) is 1.65. The number of sulfone groups is 1. The van der Waals surface area contributed by atoms with Crippen molar-refractivity contribution < 1.29 is 13.6 Å². The van der Waals surface area contributed by atoms with E-state index < -0.39 is 14.9 Å². The Kier molecular flexibility index (Phi) is 4.32. The lowest BCUT2D eigenvalue weighted by Gasteiger charge is -2.09. The fourth-order valence-corrected chi connectivity index (χ4v) is 3.67. The molecule has 0 atom stereocenters. The normalized spacial score (nSPS) is 12.4. The van der Waals surface area contributed by atoms with Crippen LogP contribution in [0.5, 0.6) is 0 Å². The molecule has 0 aliphatic heterocycles. The van der Waals surface area contributed by atoms with Gasteiger partial charge in [0.2, 0.25) is 14.9 Å². The molecule has 0 saturated heterocycles. The number of hydrogen-bond acceptors (Lipinski definition) is 4. The maximum absolute atomic E-state index is 12.5. The van der Waals surface area contributed by atoms with Crippen molar-refractivity contribution in [1.29, 1.82) is 0 Å². The standard InChI is InChI=1S/C13H9Cl2NO3S/c14-10-7-4-8-11(15)12(10)13(16-17)20(18,19)9-5-2-1-3-6-9/h1-8,17H/b16-13+. The van der Waals surface area contributed by atoms with Crippen molar-refractivity contribution in [1.82, 2.24) is 0 Å². The van der Waals surface area contributed by atoms with Gasteiger partial charge in [-0.15, -0.1) is 0 Å². The van der Waals surface area contributed by atoms with Crippen LogP contribution in [-0.4, -0.2) is 18.7 Å². The molecular weight excluding hydrogens is 321 g/mol. The summed E-state index contributed by atoms with van der Waals surface area (Å²) in [6, 6.07) is 12.1. The van der Waals surface area contributed by atoms with Gasteiger partial charge in [-0.1, -0.05) is 52.6 Å². The van der Waals surface area contributed by atoms with Crippen molar-refractivity contribution in [2.24, 2.45) is 5.16 Å². The molecule has 104 valence electrons. The Morgan fingerprint density at radius 2 is 1.50 bits per heavy atom. The van der Waals surface area contributed by atoms with E-state index in [-0.39, 0.29) is 20.5 Å². The van der Waals surface area contributed by atoms with Gasteiger partial charge in [0.1, 0.15) is 0 Å². The van der Waals surface area contributed by atoms with Gasteiger partial charge in [-0.2, -0.15) is 0 Å². The molecule has 0 bridgehead atoms. The minimum atomic E-state index is -4.02. The summed E-state index contributed by atoms with van der Waals surface area (Å²) in [6.07, 6.45) is 0. The summed E-state index contributed by atoms with van der Waals surface area (Å²) < 4.78 is 24.9. The highest BCUT2D eigenvalue weighted by Gasteiger charge is 2.28. The lowest BCUT2D eigenvalue weighted by atomic mass is 10.2. The zero-order valence-electron chi connectivity index (χ0n) is 9.99. The van der Waals surface area contributed by atoms with Gasteiger partial charge in [0, 0.05) is 0 Å². The van der Waals surface area contributed by atoms with E-state index in [4.69, 9.17) is 28.4 Å². The molecule has 2 aromatic carbocycles. The average molecular weight is 330 g/mol. The van der Waals surface area contributed by atoms with Crippen molar-refractivity contribution in [2.75, 3.05) is 0 Å². The summed E-state index contributed by atoms with van der Waals surface area (Å²) in [4.78, 5) is -0.0104. The minimum absolute atomic E-state index is 0.0104. The second-order valence-corrected chi connectivity index (χ2v) is 6.50. The van der Waals surface area contributed by atoms with Crippen molar-refractivity contribution in [3.63, 3.8) is 0 Å². The predicted molar refractivity (Wildman–Crippen MR) is 78.4 cm³/mol. The molecule has 0 unspecified atom stereocenters. The summed E-state index contributed by atoms with van der Waals surface area (Å²) in [5.41, 5.74) is -0.0258. The molecule has 0 aliphatic rings. The minimum Gasteiger partial charge on any atom is -0.410 e. The van der Waals surface area contributed by atoms with Gasteiger partial charge in [0.05, 0.1) is 20.5 Å². The van der Waals surface area contributed by atoms with Gasteiger partial charge in [-0.3, -0.25) is 0 Å². The number of nitrogens with zero attached hydrogens (tertiary/aromatic N) is 1. The summed E-state index contributed by atoms with van der Waals surface area (Å²) in [7, 11) is -4.02. The van der Waals surface area contributed by atoms with Gasteiger partial charge in [-0.05, 0) is 24.3 Å². The van der Waals surface area contributed by atoms with Crippen LogP contribution in [0.25, 0.3) is 0 Å². The third-order valence-electron chi connectivity index (χ3n) is 2.58. The molecule has 0 aromatic heterocycles. The Morgan fingerprint density at radius 3 is 2.00 bits per heavy atom. The molecule has 0 fully saturated rings. The van der Waals surface area contributed by atoms with E-state index in [1.54, 1.807) is 24.3 Å². The van der Waals surface area contributed by atoms with E-state index in [0.717, 1.165) is 0 Å².